The summed E-state index contributed by atoms with van der Waals surface area (Å²) in [7, 11) is 2.03. The summed E-state index contributed by atoms with van der Waals surface area (Å²) >= 11 is 0. The van der Waals surface area contributed by atoms with Gasteiger partial charge in [-0.1, -0.05) is 12.1 Å². The number of hydrogen-bond donors (Lipinski definition) is 1. The second kappa shape index (κ2) is 5.60. The number of rotatable bonds is 4. The first-order valence-electron chi connectivity index (χ1n) is 6.48. The maximum absolute atomic E-state index is 5.32. The highest BCUT2D eigenvalue weighted by Crippen LogP contribution is 2.22. The first-order valence-corrected chi connectivity index (χ1v) is 6.48. The summed E-state index contributed by atoms with van der Waals surface area (Å²) in [6.07, 6.45) is 3.31. The Hall–Kier alpha value is -0.940. The largest absolute Gasteiger partial charge is 0.338 e. The predicted octanol–water partition coefficient (Wildman–Crippen LogP) is 1.38. The van der Waals surface area contributed by atoms with Crippen LogP contribution in [0, 0.1) is 0 Å². The highest BCUT2D eigenvalue weighted by Gasteiger charge is 2.26. The van der Waals surface area contributed by atoms with E-state index in [0.29, 0.717) is 6.04 Å². The summed E-state index contributed by atoms with van der Waals surface area (Å²) in [6, 6.07) is 0.804. The molecule has 0 aliphatic carbocycles. The highest BCUT2D eigenvalue weighted by atomic mass is 16.5. The molecule has 0 saturated carbocycles. The van der Waals surface area contributed by atoms with Gasteiger partial charge in [0.05, 0.1) is 6.04 Å². The molecule has 0 spiro atoms. The molecule has 1 fully saturated rings. The van der Waals surface area contributed by atoms with E-state index in [-0.39, 0.29) is 6.04 Å². The molecule has 1 aliphatic heterocycles. The Morgan fingerprint density at radius 2 is 2.41 bits per heavy atom. The molecule has 0 radical (unpaired) electrons. The fraction of sp³-hybridized carbons (Fsp3) is 0.833. The van der Waals surface area contributed by atoms with Crippen molar-refractivity contribution in [3.05, 3.63) is 11.7 Å². The molecule has 1 saturated heterocycles. The van der Waals surface area contributed by atoms with E-state index in [1.165, 1.54) is 12.8 Å². The summed E-state index contributed by atoms with van der Waals surface area (Å²) in [5.74, 6) is 1.55. The molecule has 0 bridgehead atoms. The minimum Gasteiger partial charge on any atom is -0.338 e. The zero-order valence-corrected chi connectivity index (χ0v) is 10.9. The molecule has 2 atom stereocenters. The number of nitrogens with one attached hydrogen (secondary N) is 1. The van der Waals surface area contributed by atoms with Gasteiger partial charge in [-0.2, -0.15) is 4.98 Å². The molecule has 17 heavy (non-hydrogen) atoms. The van der Waals surface area contributed by atoms with Gasteiger partial charge in [0, 0.05) is 19.0 Å². The number of hydrogen-bond acceptors (Lipinski definition) is 5. The molecule has 2 heterocycles. The summed E-state index contributed by atoms with van der Waals surface area (Å²) < 4.78 is 5.32. The van der Waals surface area contributed by atoms with E-state index in [1.807, 2.05) is 14.0 Å². The first kappa shape index (κ1) is 12.5. The van der Waals surface area contributed by atoms with Crippen molar-refractivity contribution >= 4 is 0 Å². The molecular weight excluding hydrogens is 216 g/mol. The van der Waals surface area contributed by atoms with Crippen molar-refractivity contribution in [2.24, 2.45) is 0 Å². The lowest BCUT2D eigenvalue weighted by Gasteiger charge is -2.35. The van der Waals surface area contributed by atoms with Crippen molar-refractivity contribution in [2.45, 2.75) is 45.2 Å². The quantitative estimate of drug-likeness (QED) is 0.858. The monoisotopic (exact) mass is 238 g/mol. The lowest BCUT2D eigenvalue weighted by atomic mass is 10.0. The van der Waals surface area contributed by atoms with Crippen LogP contribution < -0.4 is 5.32 Å². The van der Waals surface area contributed by atoms with Crippen molar-refractivity contribution < 1.29 is 4.52 Å². The Morgan fingerprint density at radius 1 is 1.59 bits per heavy atom. The maximum Gasteiger partial charge on any atom is 0.243 e. The van der Waals surface area contributed by atoms with E-state index < -0.39 is 0 Å². The predicted molar refractivity (Wildman–Crippen MR) is 65.7 cm³/mol. The molecule has 1 aromatic rings. The van der Waals surface area contributed by atoms with Crippen LogP contribution in [0.5, 0.6) is 0 Å². The van der Waals surface area contributed by atoms with Gasteiger partial charge in [-0.25, -0.2) is 0 Å². The Labute approximate surface area is 103 Å². The molecule has 5 heteroatoms. The topological polar surface area (TPSA) is 54.2 Å². The first-order chi connectivity index (χ1) is 8.24. The number of likely N-dealkylation sites (tertiary alicyclic amines) is 1. The molecule has 96 valence electrons. The molecular formula is C12H22N4O. The van der Waals surface area contributed by atoms with Gasteiger partial charge in [0.25, 0.3) is 0 Å². The van der Waals surface area contributed by atoms with Crippen LogP contribution in [0.4, 0.5) is 0 Å². The lowest BCUT2D eigenvalue weighted by Crippen LogP contribution is -2.45. The van der Waals surface area contributed by atoms with Crippen LogP contribution in [0.2, 0.25) is 0 Å². The van der Waals surface area contributed by atoms with Crippen molar-refractivity contribution in [3.63, 3.8) is 0 Å². The van der Waals surface area contributed by atoms with Crippen LogP contribution in [0.3, 0.4) is 0 Å². The van der Waals surface area contributed by atoms with E-state index in [4.69, 9.17) is 4.52 Å². The van der Waals surface area contributed by atoms with Crippen LogP contribution in [-0.2, 0) is 6.42 Å². The third-order valence-corrected chi connectivity index (χ3v) is 3.57. The third-order valence-electron chi connectivity index (χ3n) is 3.57. The van der Waals surface area contributed by atoms with Gasteiger partial charge < -0.3 is 9.84 Å². The third kappa shape index (κ3) is 2.84. The Kier molecular flexibility index (Phi) is 4.12. The minimum atomic E-state index is 0.221. The van der Waals surface area contributed by atoms with E-state index in [0.717, 1.165) is 31.2 Å². The van der Waals surface area contributed by atoms with Crippen molar-refractivity contribution in [2.75, 3.05) is 20.1 Å². The molecule has 1 aromatic heterocycles. The SMILES string of the molecule is CCc1noc(C(C)N2CCCC(NC)C2)n1. The summed E-state index contributed by atoms with van der Waals surface area (Å²) in [5, 5.41) is 7.31. The van der Waals surface area contributed by atoms with Crippen LogP contribution in [0.1, 0.15) is 44.4 Å². The van der Waals surface area contributed by atoms with E-state index in [9.17, 15) is 0 Å². The second-order valence-corrected chi connectivity index (χ2v) is 4.70. The lowest BCUT2D eigenvalue weighted by molar-refractivity contribution is 0.126. The van der Waals surface area contributed by atoms with Crippen molar-refractivity contribution in [1.29, 1.82) is 0 Å². The Bertz CT molecular complexity index is 352. The van der Waals surface area contributed by atoms with Gasteiger partial charge in [-0.3, -0.25) is 4.90 Å². The van der Waals surface area contributed by atoms with Crippen LogP contribution in [-0.4, -0.2) is 41.2 Å². The van der Waals surface area contributed by atoms with Crippen LogP contribution in [0.15, 0.2) is 4.52 Å². The Morgan fingerprint density at radius 3 is 3.06 bits per heavy atom. The van der Waals surface area contributed by atoms with Gasteiger partial charge in [-0.15, -0.1) is 0 Å². The summed E-state index contributed by atoms with van der Waals surface area (Å²) in [6.45, 7) is 6.35. The zero-order chi connectivity index (χ0) is 12.3. The number of piperidine rings is 1. The normalized spacial score (nSPS) is 23.8. The molecule has 5 nitrogen and oxygen atoms in total. The number of aromatic nitrogens is 2. The number of aryl methyl sites for hydroxylation is 1. The zero-order valence-electron chi connectivity index (χ0n) is 10.9. The van der Waals surface area contributed by atoms with E-state index in [1.54, 1.807) is 0 Å². The summed E-state index contributed by atoms with van der Waals surface area (Å²) in [5.41, 5.74) is 0. The van der Waals surface area contributed by atoms with Gasteiger partial charge in [0.2, 0.25) is 5.89 Å². The number of likely N-dealkylation sites (N-methyl/N-ethyl adjacent to an activating group) is 1. The number of nitrogens with zero attached hydrogens (tertiary/aromatic N) is 3. The van der Waals surface area contributed by atoms with Crippen molar-refractivity contribution in [3.8, 4) is 0 Å². The molecule has 1 aliphatic rings. The van der Waals surface area contributed by atoms with Gasteiger partial charge in [0.1, 0.15) is 0 Å². The molecule has 2 rings (SSSR count). The van der Waals surface area contributed by atoms with Gasteiger partial charge >= 0.3 is 0 Å². The summed E-state index contributed by atoms with van der Waals surface area (Å²) in [4.78, 5) is 6.83. The van der Waals surface area contributed by atoms with Gasteiger partial charge in [0.15, 0.2) is 5.82 Å². The van der Waals surface area contributed by atoms with Gasteiger partial charge in [-0.05, 0) is 33.4 Å². The highest BCUT2D eigenvalue weighted by molar-refractivity contribution is 4.93. The van der Waals surface area contributed by atoms with Crippen LogP contribution in [0.25, 0.3) is 0 Å². The fourth-order valence-electron chi connectivity index (χ4n) is 2.33. The average molecular weight is 238 g/mol. The Balaban J connectivity index is 2.00. The maximum atomic E-state index is 5.32. The molecule has 1 N–H and O–H groups in total. The van der Waals surface area contributed by atoms with Crippen molar-refractivity contribution in [1.82, 2.24) is 20.4 Å². The second-order valence-electron chi connectivity index (χ2n) is 4.70. The molecule has 0 amide bonds. The van der Waals surface area contributed by atoms with E-state index >= 15 is 0 Å². The van der Waals surface area contributed by atoms with E-state index in [2.05, 4.69) is 27.3 Å². The van der Waals surface area contributed by atoms with Crippen LogP contribution >= 0.6 is 0 Å². The standard InChI is InChI=1S/C12H22N4O/c1-4-11-14-12(17-15-11)9(2)16-7-5-6-10(8-16)13-3/h9-10,13H,4-8H2,1-3H3. The minimum absolute atomic E-state index is 0.221. The average Bonchev–Trinajstić information content (AvgIpc) is 2.86. The fourth-order valence-corrected chi connectivity index (χ4v) is 2.33. The molecule has 0 aromatic carbocycles. The molecule has 2 unspecified atom stereocenters. The smallest absolute Gasteiger partial charge is 0.243 e.